The van der Waals surface area contributed by atoms with Gasteiger partial charge in [0.2, 0.25) is 0 Å². The van der Waals surface area contributed by atoms with Crippen molar-refractivity contribution in [3.63, 3.8) is 0 Å². The van der Waals surface area contributed by atoms with Crippen molar-refractivity contribution in [1.82, 2.24) is 4.90 Å². The minimum atomic E-state index is 0.266. The molecule has 3 nitrogen and oxygen atoms in total. The summed E-state index contributed by atoms with van der Waals surface area (Å²) in [6.45, 7) is 8.40. The Balaban J connectivity index is 2.99. The molecule has 0 spiro atoms. The number of nitrogens with zero attached hydrogens (tertiary/aromatic N) is 3. The summed E-state index contributed by atoms with van der Waals surface area (Å²) in [5.41, 5.74) is 2.39. The third-order valence-electron chi connectivity index (χ3n) is 3.19. The van der Waals surface area contributed by atoms with Gasteiger partial charge in [0.25, 0.3) is 0 Å². The first-order valence-corrected chi connectivity index (χ1v) is 6.98. The predicted octanol–water partition coefficient (Wildman–Crippen LogP) is 3.98. The first-order valence-electron chi connectivity index (χ1n) is 6.98. The van der Waals surface area contributed by atoms with Crippen molar-refractivity contribution in [2.45, 2.75) is 33.7 Å². The van der Waals surface area contributed by atoms with Crippen molar-refractivity contribution < 1.29 is 0 Å². The standard InChI is InChI=1S/C17H25N3/c1-6-7-8-14(2)11-16(4)20(13-18-5)17-9-10-19-12-15(17)3/h6-13,15,17H,1-5H3/b7-6-,14-8-,16-11+,18-13-/t15?,17-/m0/s1. The molecule has 20 heavy (non-hydrogen) atoms. The van der Waals surface area contributed by atoms with Crippen LogP contribution < -0.4 is 0 Å². The lowest BCUT2D eigenvalue weighted by Gasteiger charge is -2.32. The van der Waals surface area contributed by atoms with Gasteiger partial charge >= 0.3 is 0 Å². The molecular formula is C17H25N3. The largest absolute Gasteiger partial charge is 0.329 e. The first kappa shape index (κ1) is 16.2. The lowest BCUT2D eigenvalue weighted by Crippen LogP contribution is -2.37. The molecule has 0 amide bonds. The average molecular weight is 271 g/mol. The van der Waals surface area contributed by atoms with Crippen LogP contribution in [0.1, 0.15) is 27.7 Å². The summed E-state index contributed by atoms with van der Waals surface area (Å²) in [5, 5.41) is 0. The SMILES string of the molecule is C\C=C/C=C(C)\C=C(/C)N(/C=N\C)[C@H]1C=CN=CC1C. The third kappa shape index (κ3) is 4.65. The highest BCUT2D eigenvalue weighted by Gasteiger charge is 2.21. The van der Waals surface area contributed by atoms with Crippen LogP contribution in [0.15, 0.2) is 57.8 Å². The Morgan fingerprint density at radius 2 is 2.10 bits per heavy atom. The molecule has 108 valence electrons. The fourth-order valence-corrected chi connectivity index (χ4v) is 2.16. The van der Waals surface area contributed by atoms with Crippen molar-refractivity contribution in [3.05, 3.63) is 47.9 Å². The van der Waals surface area contributed by atoms with Crippen LogP contribution in [0.2, 0.25) is 0 Å². The van der Waals surface area contributed by atoms with Crippen LogP contribution >= 0.6 is 0 Å². The molecule has 0 saturated heterocycles. The van der Waals surface area contributed by atoms with Gasteiger partial charge in [-0.2, -0.15) is 0 Å². The summed E-state index contributed by atoms with van der Waals surface area (Å²) in [4.78, 5) is 10.6. The Kier molecular flexibility index (Phi) is 6.71. The Morgan fingerprint density at radius 3 is 2.70 bits per heavy atom. The number of hydrogen-bond acceptors (Lipinski definition) is 2. The molecule has 0 saturated carbocycles. The maximum absolute atomic E-state index is 4.19. The fourth-order valence-electron chi connectivity index (χ4n) is 2.16. The highest BCUT2D eigenvalue weighted by Crippen LogP contribution is 2.19. The van der Waals surface area contributed by atoms with Gasteiger partial charge in [-0.15, -0.1) is 0 Å². The fraction of sp³-hybridized carbons (Fsp3) is 0.412. The molecule has 0 aromatic heterocycles. The summed E-state index contributed by atoms with van der Waals surface area (Å²) >= 11 is 0. The van der Waals surface area contributed by atoms with Crippen LogP contribution in [0.25, 0.3) is 0 Å². The summed E-state index contributed by atoms with van der Waals surface area (Å²) in [6, 6.07) is 0.266. The number of allylic oxidation sites excluding steroid dienone is 6. The lowest BCUT2D eigenvalue weighted by molar-refractivity contribution is 0.394. The molecule has 0 radical (unpaired) electrons. The van der Waals surface area contributed by atoms with Gasteiger partial charge in [0.1, 0.15) is 0 Å². The highest BCUT2D eigenvalue weighted by molar-refractivity contribution is 5.67. The van der Waals surface area contributed by atoms with Crippen LogP contribution in [-0.2, 0) is 0 Å². The van der Waals surface area contributed by atoms with E-state index in [9.17, 15) is 0 Å². The van der Waals surface area contributed by atoms with Gasteiger partial charge < -0.3 is 4.90 Å². The minimum absolute atomic E-state index is 0.266. The molecule has 0 aromatic carbocycles. The van der Waals surface area contributed by atoms with Crippen LogP contribution in [-0.4, -0.2) is 30.5 Å². The molecule has 0 aliphatic carbocycles. The quantitative estimate of drug-likeness (QED) is 0.422. The van der Waals surface area contributed by atoms with E-state index >= 15 is 0 Å². The van der Waals surface area contributed by atoms with Gasteiger partial charge in [-0.3, -0.25) is 9.98 Å². The van der Waals surface area contributed by atoms with Gasteiger partial charge in [0.05, 0.1) is 12.4 Å². The second kappa shape index (κ2) is 8.31. The maximum atomic E-state index is 4.19. The highest BCUT2D eigenvalue weighted by atomic mass is 15.2. The Morgan fingerprint density at radius 1 is 1.35 bits per heavy atom. The molecule has 0 aromatic rings. The summed E-state index contributed by atoms with van der Waals surface area (Å²) in [5.74, 6) is 0.362. The minimum Gasteiger partial charge on any atom is -0.329 e. The zero-order valence-corrected chi connectivity index (χ0v) is 13.1. The number of aliphatic imine (C=N–C) groups is 2. The molecule has 1 rings (SSSR count). The monoisotopic (exact) mass is 271 g/mol. The van der Waals surface area contributed by atoms with E-state index in [0.29, 0.717) is 5.92 Å². The summed E-state index contributed by atoms with van der Waals surface area (Å²) in [6.07, 6.45) is 16.2. The van der Waals surface area contributed by atoms with Crippen molar-refractivity contribution in [2.75, 3.05) is 7.05 Å². The van der Waals surface area contributed by atoms with E-state index in [1.54, 1.807) is 7.05 Å². The molecule has 1 unspecified atom stereocenters. The molecule has 1 heterocycles. The van der Waals surface area contributed by atoms with E-state index < -0.39 is 0 Å². The molecule has 0 N–H and O–H groups in total. The molecular weight excluding hydrogens is 246 g/mol. The summed E-state index contributed by atoms with van der Waals surface area (Å²) in [7, 11) is 1.80. The number of hydrogen-bond donors (Lipinski definition) is 0. The second-order valence-corrected chi connectivity index (χ2v) is 4.99. The van der Waals surface area contributed by atoms with E-state index in [4.69, 9.17) is 0 Å². The summed E-state index contributed by atoms with van der Waals surface area (Å²) < 4.78 is 0. The zero-order chi connectivity index (χ0) is 15.0. The van der Waals surface area contributed by atoms with Crippen molar-refractivity contribution in [3.8, 4) is 0 Å². The van der Waals surface area contributed by atoms with Gasteiger partial charge in [0.15, 0.2) is 0 Å². The average Bonchev–Trinajstić information content (AvgIpc) is 2.43. The Hall–Kier alpha value is -1.90. The number of rotatable bonds is 5. The van der Waals surface area contributed by atoms with Crippen molar-refractivity contribution in [2.24, 2.45) is 15.9 Å². The van der Waals surface area contributed by atoms with Crippen molar-refractivity contribution >= 4 is 12.6 Å². The van der Waals surface area contributed by atoms with Crippen LogP contribution in [0, 0.1) is 5.92 Å². The van der Waals surface area contributed by atoms with E-state index in [2.05, 4.69) is 53.9 Å². The molecule has 1 aliphatic heterocycles. The van der Waals surface area contributed by atoms with Crippen LogP contribution in [0.4, 0.5) is 0 Å². The second-order valence-electron chi connectivity index (χ2n) is 4.99. The van der Waals surface area contributed by atoms with Gasteiger partial charge in [-0.25, -0.2) is 0 Å². The molecule has 0 fully saturated rings. The van der Waals surface area contributed by atoms with Crippen molar-refractivity contribution in [1.29, 1.82) is 0 Å². The predicted molar refractivity (Wildman–Crippen MR) is 89.2 cm³/mol. The van der Waals surface area contributed by atoms with Gasteiger partial charge in [0, 0.05) is 31.1 Å². The Labute approximate surface area is 122 Å². The molecule has 1 aliphatic rings. The Bertz CT molecular complexity index is 478. The maximum Gasteiger partial charge on any atom is 0.0894 e. The van der Waals surface area contributed by atoms with E-state index in [0.717, 1.165) is 0 Å². The van der Waals surface area contributed by atoms with Gasteiger partial charge in [-0.05, 0) is 38.5 Å². The van der Waals surface area contributed by atoms with Gasteiger partial charge in [-0.1, -0.05) is 25.2 Å². The first-order chi connectivity index (χ1) is 9.60. The zero-order valence-electron chi connectivity index (χ0n) is 13.1. The topological polar surface area (TPSA) is 28.0 Å². The smallest absolute Gasteiger partial charge is 0.0894 e. The molecule has 3 heteroatoms. The van der Waals surface area contributed by atoms with Crippen LogP contribution in [0.3, 0.4) is 0 Å². The third-order valence-corrected chi connectivity index (χ3v) is 3.19. The lowest BCUT2D eigenvalue weighted by atomic mass is 9.99. The van der Waals surface area contributed by atoms with E-state index in [1.807, 2.05) is 37.8 Å². The van der Waals surface area contributed by atoms with E-state index in [-0.39, 0.29) is 6.04 Å². The van der Waals surface area contributed by atoms with E-state index in [1.165, 1.54) is 11.3 Å². The molecule has 0 bridgehead atoms. The molecule has 2 atom stereocenters. The normalized spacial score (nSPS) is 24.1. The van der Waals surface area contributed by atoms with Crippen LogP contribution in [0.5, 0.6) is 0 Å².